The summed E-state index contributed by atoms with van der Waals surface area (Å²) in [6, 6.07) is 10.7. The van der Waals surface area contributed by atoms with Gasteiger partial charge < -0.3 is 10.8 Å². The van der Waals surface area contributed by atoms with Crippen molar-refractivity contribution < 1.29 is 9.90 Å². The molecule has 0 radical (unpaired) electrons. The molecule has 1 amide bonds. The Balaban J connectivity index is 1.82. The second kappa shape index (κ2) is 7.16. The van der Waals surface area contributed by atoms with Gasteiger partial charge in [-0.25, -0.2) is 4.68 Å². The standard InChI is InChI=1S/C19H17N5O2S/c20-18(26)15-9-12(4-7-17(15)25)16-11-27-19(23-13-5-6-13)24(16)22-10-14-3-1-2-8-21-14/h1-4,7-11,13,25H,5-6H2,(H2,20,26)/b22-10+,23-19?. The average molecular weight is 379 g/mol. The molecule has 0 aliphatic heterocycles. The van der Waals surface area contributed by atoms with Crippen LogP contribution in [-0.2, 0) is 0 Å². The highest BCUT2D eigenvalue weighted by atomic mass is 32.1. The molecule has 2 heterocycles. The van der Waals surface area contributed by atoms with Crippen molar-refractivity contribution in [1.82, 2.24) is 9.66 Å². The Hall–Kier alpha value is -3.26. The number of primary amides is 1. The first-order chi connectivity index (χ1) is 13.1. The second-order valence-electron chi connectivity index (χ2n) is 6.17. The molecule has 136 valence electrons. The normalized spacial score (nSPS) is 14.7. The molecule has 27 heavy (non-hydrogen) atoms. The molecule has 2 aromatic heterocycles. The van der Waals surface area contributed by atoms with E-state index in [0.29, 0.717) is 11.6 Å². The predicted octanol–water partition coefficient (Wildman–Crippen LogP) is 2.36. The van der Waals surface area contributed by atoms with Gasteiger partial charge in [0.25, 0.3) is 5.91 Å². The van der Waals surface area contributed by atoms with E-state index in [1.54, 1.807) is 29.2 Å². The molecule has 4 rings (SSSR count). The number of nitrogens with zero attached hydrogens (tertiary/aromatic N) is 4. The van der Waals surface area contributed by atoms with E-state index in [0.717, 1.165) is 29.0 Å². The van der Waals surface area contributed by atoms with Crippen molar-refractivity contribution in [3.05, 3.63) is 64.0 Å². The minimum absolute atomic E-state index is 0.0691. The number of hydrogen-bond acceptors (Lipinski definition) is 6. The maximum Gasteiger partial charge on any atom is 0.252 e. The molecule has 7 nitrogen and oxygen atoms in total. The number of phenols is 1. The monoisotopic (exact) mass is 379 g/mol. The van der Waals surface area contributed by atoms with Gasteiger partial charge in [0.1, 0.15) is 5.75 Å². The van der Waals surface area contributed by atoms with Gasteiger partial charge in [0.2, 0.25) is 4.80 Å². The average Bonchev–Trinajstić information content (AvgIpc) is 3.40. The van der Waals surface area contributed by atoms with Gasteiger partial charge in [0.15, 0.2) is 0 Å². The third-order valence-electron chi connectivity index (χ3n) is 4.08. The molecule has 1 aliphatic carbocycles. The van der Waals surface area contributed by atoms with Gasteiger partial charge in [0, 0.05) is 17.1 Å². The number of hydrogen-bond donors (Lipinski definition) is 2. The molecular weight excluding hydrogens is 362 g/mol. The SMILES string of the molecule is NC(=O)c1cc(-c2csc(=NC3CC3)n2/N=C/c2ccccn2)ccc1O. The number of aromatic hydroxyl groups is 1. The lowest BCUT2D eigenvalue weighted by Crippen LogP contribution is -2.14. The molecule has 0 bridgehead atoms. The molecule has 3 N–H and O–H groups in total. The van der Waals surface area contributed by atoms with Gasteiger partial charge in [-0.2, -0.15) is 5.10 Å². The van der Waals surface area contributed by atoms with Crippen molar-refractivity contribution in [3.63, 3.8) is 0 Å². The van der Waals surface area contributed by atoms with E-state index in [-0.39, 0.29) is 11.3 Å². The van der Waals surface area contributed by atoms with Crippen LogP contribution in [0.15, 0.2) is 58.1 Å². The molecule has 1 fully saturated rings. The maximum atomic E-state index is 11.6. The Bertz CT molecular complexity index is 1080. The van der Waals surface area contributed by atoms with Crippen LogP contribution in [0.25, 0.3) is 11.3 Å². The fourth-order valence-corrected chi connectivity index (χ4v) is 3.43. The molecular formula is C19H17N5O2S. The third-order valence-corrected chi connectivity index (χ3v) is 4.91. The first-order valence-electron chi connectivity index (χ1n) is 8.45. The molecule has 0 atom stereocenters. The Labute approximate surface area is 159 Å². The lowest BCUT2D eigenvalue weighted by Gasteiger charge is -2.06. The van der Waals surface area contributed by atoms with Gasteiger partial charge in [0.05, 0.1) is 29.2 Å². The van der Waals surface area contributed by atoms with Crippen LogP contribution in [-0.4, -0.2) is 32.9 Å². The van der Waals surface area contributed by atoms with Gasteiger partial charge >= 0.3 is 0 Å². The van der Waals surface area contributed by atoms with E-state index in [4.69, 9.17) is 10.7 Å². The molecule has 1 aliphatic rings. The van der Waals surface area contributed by atoms with Gasteiger partial charge in [-0.05, 0) is 43.2 Å². The van der Waals surface area contributed by atoms with Crippen LogP contribution in [0.4, 0.5) is 0 Å². The van der Waals surface area contributed by atoms with E-state index in [9.17, 15) is 9.90 Å². The summed E-state index contributed by atoms with van der Waals surface area (Å²) in [6.45, 7) is 0. The molecule has 0 unspecified atom stereocenters. The van der Waals surface area contributed by atoms with Gasteiger partial charge in [-0.1, -0.05) is 6.07 Å². The Morgan fingerprint density at radius 2 is 2.19 bits per heavy atom. The first kappa shape index (κ1) is 17.2. The van der Waals surface area contributed by atoms with E-state index < -0.39 is 5.91 Å². The molecule has 1 aromatic carbocycles. The van der Waals surface area contributed by atoms with Crippen molar-refractivity contribution in [2.24, 2.45) is 15.8 Å². The third kappa shape index (κ3) is 3.80. The van der Waals surface area contributed by atoms with Crippen LogP contribution in [0.2, 0.25) is 0 Å². The number of nitrogens with two attached hydrogens (primary N) is 1. The first-order valence-corrected chi connectivity index (χ1v) is 9.33. The fourth-order valence-electron chi connectivity index (χ4n) is 2.52. The van der Waals surface area contributed by atoms with Gasteiger partial charge in [-0.15, -0.1) is 11.3 Å². The Morgan fingerprint density at radius 3 is 2.89 bits per heavy atom. The number of pyridine rings is 1. The van der Waals surface area contributed by atoms with Crippen LogP contribution >= 0.6 is 11.3 Å². The van der Waals surface area contributed by atoms with E-state index in [1.807, 2.05) is 23.6 Å². The molecule has 8 heteroatoms. The number of rotatable bonds is 5. The van der Waals surface area contributed by atoms with Crippen LogP contribution in [0.5, 0.6) is 5.75 Å². The summed E-state index contributed by atoms with van der Waals surface area (Å²) in [5.74, 6) is -0.830. The zero-order valence-corrected chi connectivity index (χ0v) is 15.1. The number of amides is 1. The Morgan fingerprint density at radius 1 is 1.33 bits per heavy atom. The van der Waals surface area contributed by atoms with Crippen LogP contribution < -0.4 is 10.5 Å². The van der Waals surface area contributed by atoms with E-state index >= 15 is 0 Å². The highest BCUT2D eigenvalue weighted by Gasteiger charge is 2.21. The van der Waals surface area contributed by atoms with Crippen molar-refractivity contribution in [2.75, 3.05) is 0 Å². The van der Waals surface area contributed by atoms with Crippen molar-refractivity contribution in [3.8, 4) is 17.0 Å². The number of carbonyl (C=O) groups excluding carboxylic acids is 1. The van der Waals surface area contributed by atoms with E-state index in [2.05, 4.69) is 10.1 Å². The highest BCUT2D eigenvalue weighted by molar-refractivity contribution is 7.07. The summed E-state index contributed by atoms with van der Waals surface area (Å²) >= 11 is 1.48. The summed E-state index contributed by atoms with van der Waals surface area (Å²) < 4.78 is 1.73. The highest BCUT2D eigenvalue weighted by Crippen LogP contribution is 2.27. The van der Waals surface area contributed by atoms with Crippen LogP contribution in [0.1, 0.15) is 28.9 Å². The van der Waals surface area contributed by atoms with Crippen molar-refractivity contribution in [1.29, 1.82) is 0 Å². The maximum absolute atomic E-state index is 11.6. The molecule has 1 saturated carbocycles. The minimum Gasteiger partial charge on any atom is -0.507 e. The number of aromatic nitrogens is 2. The summed E-state index contributed by atoms with van der Waals surface area (Å²) in [7, 11) is 0. The van der Waals surface area contributed by atoms with E-state index in [1.165, 1.54) is 17.4 Å². The van der Waals surface area contributed by atoms with Crippen molar-refractivity contribution in [2.45, 2.75) is 18.9 Å². The summed E-state index contributed by atoms with van der Waals surface area (Å²) in [4.78, 5) is 21.3. The summed E-state index contributed by atoms with van der Waals surface area (Å²) in [5, 5.41) is 16.3. The van der Waals surface area contributed by atoms with Gasteiger partial charge in [-0.3, -0.25) is 14.8 Å². The topological polar surface area (TPSA) is 106 Å². The largest absolute Gasteiger partial charge is 0.507 e. The van der Waals surface area contributed by atoms with Crippen LogP contribution in [0, 0.1) is 0 Å². The zero-order chi connectivity index (χ0) is 18.8. The summed E-state index contributed by atoms with van der Waals surface area (Å²) in [6.07, 6.45) is 5.54. The zero-order valence-electron chi connectivity index (χ0n) is 14.3. The number of thiazole rings is 1. The summed E-state index contributed by atoms with van der Waals surface area (Å²) in [5.41, 5.74) is 7.62. The number of benzene rings is 1. The lowest BCUT2D eigenvalue weighted by molar-refractivity contribution is 0.0998. The predicted molar refractivity (Wildman–Crippen MR) is 104 cm³/mol. The molecule has 3 aromatic rings. The smallest absolute Gasteiger partial charge is 0.252 e. The molecule has 0 saturated heterocycles. The Kier molecular flexibility index (Phi) is 4.55. The fraction of sp³-hybridized carbons (Fsp3) is 0.158. The van der Waals surface area contributed by atoms with Crippen LogP contribution in [0.3, 0.4) is 0 Å². The number of carbonyl (C=O) groups is 1. The minimum atomic E-state index is -0.684. The second-order valence-corrected chi connectivity index (χ2v) is 7.01. The quantitative estimate of drug-likeness (QED) is 0.665. The lowest BCUT2D eigenvalue weighted by atomic mass is 10.1. The van der Waals surface area contributed by atoms with Crippen molar-refractivity contribution >= 4 is 23.5 Å². The molecule has 0 spiro atoms.